The number of carboxylic acids is 1. The molecule has 0 spiro atoms. The number of hydrogen-bond acceptors (Lipinski definition) is 8. The summed E-state index contributed by atoms with van der Waals surface area (Å²) in [7, 11) is 1.66. The van der Waals surface area contributed by atoms with Gasteiger partial charge in [0.05, 0.1) is 29.7 Å². The zero-order chi connectivity index (χ0) is 26.5. The number of nitrogens with zero attached hydrogens (tertiary/aromatic N) is 5. The molecule has 0 aliphatic carbocycles. The number of nitriles is 1. The van der Waals surface area contributed by atoms with E-state index < -0.39 is 5.97 Å². The Morgan fingerprint density at radius 1 is 1.18 bits per heavy atom. The highest BCUT2D eigenvalue weighted by molar-refractivity contribution is 7.12. The maximum atomic E-state index is 11.5. The van der Waals surface area contributed by atoms with Crippen LogP contribution in [-0.4, -0.2) is 57.3 Å². The molecule has 38 heavy (non-hydrogen) atoms. The first-order valence-electron chi connectivity index (χ1n) is 12.6. The lowest BCUT2D eigenvalue weighted by atomic mass is 9.93. The van der Waals surface area contributed by atoms with Crippen LogP contribution in [0.5, 0.6) is 5.88 Å². The number of imidazole rings is 1. The van der Waals surface area contributed by atoms with E-state index in [1.54, 1.807) is 31.4 Å². The van der Waals surface area contributed by atoms with Crippen molar-refractivity contribution in [1.82, 2.24) is 19.4 Å². The van der Waals surface area contributed by atoms with Gasteiger partial charge in [-0.25, -0.2) is 14.8 Å². The first-order valence-corrected chi connectivity index (χ1v) is 13.4. The quantitative estimate of drug-likeness (QED) is 0.314. The van der Waals surface area contributed by atoms with E-state index in [9.17, 15) is 9.90 Å². The third kappa shape index (κ3) is 5.86. The van der Waals surface area contributed by atoms with Crippen LogP contribution in [0.1, 0.15) is 50.4 Å². The summed E-state index contributed by atoms with van der Waals surface area (Å²) in [5, 5.41) is 18.4. The molecule has 1 aliphatic rings. The van der Waals surface area contributed by atoms with Crippen molar-refractivity contribution in [3.05, 3.63) is 75.4 Å². The van der Waals surface area contributed by atoms with E-state index in [0.29, 0.717) is 43.0 Å². The highest BCUT2D eigenvalue weighted by Crippen LogP contribution is 2.29. The van der Waals surface area contributed by atoms with Crippen molar-refractivity contribution >= 4 is 28.3 Å². The SMILES string of the molecule is COCCn1c(CN2CCC(c3cccc(OCc4ccc(C#N)s4)n3)CC2)nc2ccc(C(=O)O)cc21. The molecule has 1 aliphatic heterocycles. The topological polar surface area (TPSA) is 114 Å². The smallest absolute Gasteiger partial charge is 0.335 e. The van der Waals surface area contributed by atoms with Gasteiger partial charge in [-0.05, 0) is 62.3 Å². The van der Waals surface area contributed by atoms with Crippen molar-refractivity contribution in [2.75, 3.05) is 26.8 Å². The van der Waals surface area contributed by atoms with Gasteiger partial charge in [0, 0.05) is 36.2 Å². The molecular weight excluding hydrogens is 502 g/mol. The summed E-state index contributed by atoms with van der Waals surface area (Å²) in [6.45, 7) is 4.06. The van der Waals surface area contributed by atoms with E-state index in [4.69, 9.17) is 24.7 Å². The number of benzene rings is 1. The number of fused-ring (bicyclic) bond motifs is 1. The monoisotopic (exact) mass is 531 g/mol. The van der Waals surface area contributed by atoms with Crippen LogP contribution in [0.15, 0.2) is 48.5 Å². The molecule has 1 aromatic carbocycles. The van der Waals surface area contributed by atoms with Crippen LogP contribution in [0.3, 0.4) is 0 Å². The molecule has 1 saturated heterocycles. The molecule has 9 nitrogen and oxygen atoms in total. The fourth-order valence-corrected chi connectivity index (χ4v) is 5.56. The van der Waals surface area contributed by atoms with Crippen LogP contribution in [0, 0.1) is 11.3 Å². The number of piperidine rings is 1. The van der Waals surface area contributed by atoms with Crippen molar-refractivity contribution in [2.24, 2.45) is 0 Å². The van der Waals surface area contributed by atoms with Crippen LogP contribution >= 0.6 is 11.3 Å². The van der Waals surface area contributed by atoms with Crippen LogP contribution in [-0.2, 0) is 24.4 Å². The van der Waals surface area contributed by atoms with Gasteiger partial charge in [0.2, 0.25) is 5.88 Å². The molecule has 1 fully saturated rings. The zero-order valence-corrected chi connectivity index (χ0v) is 22.0. The normalized spacial score (nSPS) is 14.5. The lowest BCUT2D eigenvalue weighted by Gasteiger charge is -2.31. The van der Waals surface area contributed by atoms with Gasteiger partial charge in [0.25, 0.3) is 0 Å². The van der Waals surface area contributed by atoms with Crippen LogP contribution in [0.2, 0.25) is 0 Å². The summed E-state index contributed by atoms with van der Waals surface area (Å²) < 4.78 is 13.3. The van der Waals surface area contributed by atoms with E-state index in [2.05, 4.69) is 21.6 Å². The van der Waals surface area contributed by atoms with Crippen LogP contribution in [0.25, 0.3) is 11.0 Å². The Balaban J connectivity index is 1.22. The molecular formula is C28H29N5O4S. The number of likely N-dealkylation sites (tertiary alicyclic amines) is 1. The summed E-state index contributed by atoms with van der Waals surface area (Å²) >= 11 is 1.43. The van der Waals surface area contributed by atoms with Crippen molar-refractivity contribution in [1.29, 1.82) is 5.26 Å². The highest BCUT2D eigenvalue weighted by Gasteiger charge is 2.24. The van der Waals surface area contributed by atoms with Gasteiger partial charge in [-0.15, -0.1) is 11.3 Å². The molecule has 0 bridgehead atoms. The molecule has 0 amide bonds. The average Bonchev–Trinajstić information content (AvgIpc) is 3.55. The number of carbonyl (C=O) groups is 1. The molecule has 10 heteroatoms. The number of aromatic nitrogens is 3. The molecule has 0 saturated carbocycles. The Morgan fingerprint density at radius 2 is 2.03 bits per heavy atom. The Hall–Kier alpha value is -3.78. The van der Waals surface area contributed by atoms with E-state index in [-0.39, 0.29) is 5.56 Å². The minimum atomic E-state index is -0.947. The maximum absolute atomic E-state index is 11.5. The second-order valence-corrected chi connectivity index (χ2v) is 10.5. The van der Waals surface area contributed by atoms with Crippen molar-refractivity contribution in [3.63, 3.8) is 0 Å². The van der Waals surface area contributed by atoms with Gasteiger partial charge >= 0.3 is 5.97 Å². The van der Waals surface area contributed by atoms with Crippen LogP contribution < -0.4 is 4.74 Å². The van der Waals surface area contributed by atoms with Crippen molar-refractivity contribution < 1.29 is 19.4 Å². The number of pyridine rings is 1. The molecule has 3 aromatic heterocycles. The summed E-state index contributed by atoms with van der Waals surface area (Å²) in [6.07, 6.45) is 1.96. The summed E-state index contributed by atoms with van der Waals surface area (Å²) in [4.78, 5) is 25.2. The third-order valence-electron chi connectivity index (χ3n) is 6.84. The number of methoxy groups -OCH3 is 1. The molecule has 196 valence electrons. The lowest BCUT2D eigenvalue weighted by Crippen LogP contribution is -2.33. The molecule has 0 atom stereocenters. The molecule has 0 unspecified atom stereocenters. The van der Waals surface area contributed by atoms with Gasteiger partial charge in [-0.2, -0.15) is 5.26 Å². The zero-order valence-electron chi connectivity index (χ0n) is 21.2. The number of aromatic carboxylic acids is 1. The number of rotatable bonds is 10. The molecule has 1 N–H and O–H groups in total. The van der Waals surface area contributed by atoms with Crippen LogP contribution in [0.4, 0.5) is 0 Å². The van der Waals surface area contributed by atoms with E-state index in [0.717, 1.165) is 53.4 Å². The largest absolute Gasteiger partial charge is 0.478 e. The van der Waals surface area contributed by atoms with Crippen molar-refractivity contribution in [3.8, 4) is 11.9 Å². The average molecular weight is 532 g/mol. The van der Waals surface area contributed by atoms with E-state index >= 15 is 0 Å². The number of thiophene rings is 1. The predicted molar refractivity (Wildman–Crippen MR) is 143 cm³/mol. The number of hydrogen-bond donors (Lipinski definition) is 1. The standard InChI is InChI=1S/C28H29N5O4S/c1-36-14-13-33-25-15-20(28(34)35)5-8-24(25)30-26(33)17-32-11-9-19(10-12-32)23-3-2-4-27(31-23)37-18-22-7-6-21(16-29)38-22/h2-8,15,19H,9-14,17-18H2,1H3,(H,34,35). The van der Waals surface area contributed by atoms with Gasteiger partial charge < -0.3 is 19.1 Å². The Labute approximate surface area is 224 Å². The third-order valence-corrected chi connectivity index (χ3v) is 7.81. The highest BCUT2D eigenvalue weighted by atomic mass is 32.1. The molecule has 5 rings (SSSR count). The minimum absolute atomic E-state index is 0.254. The summed E-state index contributed by atoms with van der Waals surface area (Å²) in [5.41, 5.74) is 2.91. The molecule has 4 heterocycles. The minimum Gasteiger partial charge on any atom is -0.478 e. The lowest BCUT2D eigenvalue weighted by molar-refractivity contribution is 0.0697. The number of ether oxygens (including phenoxy) is 2. The second kappa shape index (κ2) is 11.7. The fraction of sp³-hybridized carbons (Fsp3) is 0.357. The first-order chi connectivity index (χ1) is 18.5. The molecule has 0 radical (unpaired) electrons. The Morgan fingerprint density at radius 3 is 2.76 bits per heavy atom. The molecule has 4 aromatic rings. The second-order valence-electron chi connectivity index (χ2n) is 9.30. The van der Waals surface area contributed by atoms with E-state index in [1.807, 2.05) is 18.2 Å². The fourth-order valence-electron chi connectivity index (χ4n) is 4.84. The predicted octanol–water partition coefficient (Wildman–Crippen LogP) is 4.67. The van der Waals surface area contributed by atoms with Gasteiger partial charge in [-0.1, -0.05) is 6.07 Å². The Bertz CT molecular complexity index is 1470. The maximum Gasteiger partial charge on any atom is 0.335 e. The Kier molecular flexibility index (Phi) is 7.98. The van der Waals surface area contributed by atoms with E-state index in [1.165, 1.54) is 11.3 Å². The van der Waals surface area contributed by atoms with Gasteiger partial charge in [0.15, 0.2) is 0 Å². The number of carboxylic acid groups (broad SMARTS) is 1. The summed E-state index contributed by atoms with van der Waals surface area (Å²) in [6, 6.07) is 16.9. The summed E-state index contributed by atoms with van der Waals surface area (Å²) in [5.74, 6) is 0.925. The van der Waals surface area contributed by atoms with Gasteiger partial charge in [-0.3, -0.25) is 4.90 Å². The van der Waals surface area contributed by atoms with Gasteiger partial charge in [0.1, 0.15) is 23.4 Å². The van der Waals surface area contributed by atoms with Crippen molar-refractivity contribution in [2.45, 2.75) is 38.5 Å². The first kappa shape index (κ1) is 25.9.